The number of hydrogen-bond acceptors (Lipinski definition) is 1. The van der Waals surface area contributed by atoms with Gasteiger partial charge in [0, 0.05) is 0 Å². The zero-order chi connectivity index (χ0) is 8.89. The standard InChI is InChI=1S/C12H20O/c13-11(7-9-4-5-9)12-6-2-1-3-10(12)8-12/h9-11,13H,1-8H2. The molecule has 0 saturated heterocycles. The van der Waals surface area contributed by atoms with E-state index in [0.29, 0.717) is 5.41 Å². The van der Waals surface area contributed by atoms with Gasteiger partial charge in [0.05, 0.1) is 6.10 Å². The van der Waals surface area contributed by atoms with E-state index in [1.807, 2.05) is 0 Å². The third-order valence-electron chi connectivity index (χ3n) is 4.64. The normalized spacial score (nSPS) is 45.5. The molecule has 74 valence electrons. The van der Waals surface area contributed by atoms with Crippen LogP contribution in [0, 0.1) is 17.3 Å². The van der Waals surface area contributed by atoms with Crippen molar-refractivity contribution in [2.24, 2.45) is 17.3 Å². The van der Waals surface area contributed by atoms with Gasteiger partial charge in [-0.15, -0.1) is 0 Å². The van der Waals surface area contributed by atoms with Crippen molar-refractivity contribution in [1.29, 1.82) is 0 Å². The van der Waals surface area contributed by atoms with Crippen LogP contribution in [0.2, 0.25) is 0 Å². The highest BCUT2D eigenvalue weighted by atomic mass is 16.3. The molecule has 0 radical (unpaired) electrons. The Bertz CT molecular complexity index is 209. The summed E-state index contributed by atoms with van der Waals surface area (Å²) in [5.41, 5.74) is 0.431. The third-order valence-corrected chi connectivity index (χ3v) is 4.64. The maximum Gasteiger partial charge on any atom is 0.0601 e. The largest absolute Gasteiger partial charge is 0.393 e. The van der Waals surface area contributed by atoms with Gasteiger partial charge in [-0.3, -0.25) is 0 Å². The van der Waals surface area contributed by atoms with Gasteiger partial charge in [0.25, 0.3) is 0 Å². The predicted molar refractivity (Wildman–Crippen MR) is 52.4 cm³/mol. The highest BCUT2D eigenvalue weighted by Gasteiger charge is 2.59. The first-order chi connectivity index (χ1) is 6.31. The molecule has 13 heavy (non-hydrogen) atoms. The second-order valence-corrected chi connectivity index (χ2v) is 5.57. The first-order valence-electron chi connectivity index (χ1n) is 5.99. The number of rotatable bonds is 3. The number of aliphatic hydroxyl groups excluding tert-OH is 1. The van der Waals surface area contributed by atoms with Crippen molar-refractivity contribution < 1.29 is 5.11 Å². The lowest BCUT2D eigenvalue weighted by Gasteiger charge is -2.27. The minimum Gasteiger partial charge on any atom is -0.393 e. The molecule has 0 aromatic carbocycles. The second kappa shape index (κ2) is 2.73. The van der Waals surface area contributed by atoms with E-state index in [-0.39, 0.29) is 6.10 Å². The van der Waals surface area contributed by atoms with E-state index in [2.05, 4.69) is 0 Å². The predicted octanol–water partition coefficient (Wildman–Crippen LogP) is 2.73. The van der Waals surface area contributed by atoms with Gasteiger partial charge < -0.3 is 5.11 Å². The molecule has 0 aliphatic heterocycles. The van der Waals surface area contributed by atoms with Gasteiger partial charge in [0.2, 0.25) is 0 Å². The summed E-state index contributed by atoms with van der Waals surface area (Å²) in [6.45, 7) is 0. The van der Waals surface area contributed by atoms with E-state index in [1.54, 1.807) is 0 Å². The fourth-order valence-corrected chi connectivity index (χ4v) is 3.42. The zero-order valence-corrected chi connectivity index (χ0v) is 8.34. The van der Waals surface area contributed by atoms with Gasteiger partial charge in [0.1, 0.15) is 0 Å². The van der Waals surface area contributed by atoms with Crippen LogP contribution in [-0.4, -0.2) is 11.2 Å². The highest BCUT2D eigenvalue weighted by Crippen LogP contribution is 2.64. The van der Waals surface area contributed by atoms with Crippen LogP contribution in [0.25, 0.3) is 0 Å². The van der Waals surface area contributed by atoms with E-state index in [1.165, 1.54) is 44.9 Å². The Morgan fingerprint density at radius 2 is 2.08 bits per heavy atom. The number of hydrogen-bond donors (Lipinski definition) is 1. The van der Waals surface area contributed by atoms with Crippen molar-refractivity contribution in [3.05, 3.63) is 0 Å². The summed E-state index contributed by atoms with van der Waals surface area (Å²) < 4.78 is 0. The van der Waals surface area contributed by atoms with Crippen molar-refractivity contribution in [1.82, 2.24) is 0 Å². The van der Waals surface area contributed by atoms with Gasteiger partial charge in [-0.05, 0) is 42.9 Å². The average molecular weight is 180 g/mol. The smallest absolute Gasteiger partial charge is 0.0601 e. The van der Waals surface area contributed by atoms with Crippen molar-refractivity contribution >= 4 is 0 Å². The molecule has 0 aromatic heterocycles. The van der Waals surface area contributed by atoms with Crippen LogP contribution < -0.4 is 0 Å². The maximum atomic E-state index is 10.2. The van der Waals surface area contributed by atoms with Crippen molar-refractivity contribution in [3.63, 3.8) is 0 Å². The SMILES string of the molecule is OC(CC1CC1)C12CCCCC1C2. The van der Waals surface area contributed by atoms with Crippen LogP contribution >= 0.6 is 0 Å². The quantitative estimate of drug-likeness (QED) is 0.708. The number of aliphatic hydroxyl groups is 1. The third kappa shape index (κ3) is 1.32. The van der Waals surface area contributed by atoms with E-state index in [4.69, 9.17) is 0 Å². The summed E-state index contributed by atoms with van der Waals surface area (Å²) in [5.74, 6) is 1.81. The summed E-state index contributed by atoms with van der Waals surface area (Å²) in [4.78, 5) is 0. The summed E-state index contributed by atoms with van der Waals surface area (Å²) >= 11 is 0. The lowest BCUT2D eigenvalue weighted by Crippen LogP contribution is -2.26. The van der Waals surface area contributed by atoms with Gasteiger partial charge >= 0.3 is 0 Å². The summed E-state index contributed by atoms with van der Waals surface area (Å²) in [6.07, 6.45) is 10.8. The molecular formula is C12H20O. The molecular weight excluding hydrogens is 160 g/mol. The van der Waals surface area contributed by atoms with Crippen LogP contribution in [0.3, 0.4) is 0 Å². The van der Waals surface area contributed by atoms with E-state index < -0.39 is 0 Å². The Morgan fingerprint density at radius 3 is 2.77 bits per heavy atom. The highest BCUT2D eigenvalue weighted by molar-refractivity contribution is 5.08. The topological polar surface area (TPSA) is 20.2 Å². The molecule has 3 fully saturated rings. The molecule has 3 aliphatic carbocycles. The van der Waals surface area contributed by atoms with E-state index in [0.717, 1.165) is 18.3 Å². The van der Waals surface area contributed by atoms with Crippen molar-refractivity contribution in [2.75, 3.05) is 0 Å². The zero-order valence-electron chi connectivity index (χ0n) is 8.34. The van der Waals surface area contributed by atoms with Crippen LogP contribution in [0.5, 0.6) is 0 Å². The lowest BCUT2D eigenvalue weighted by atomic mass is 9.82. The Hall–Kier alpha value is -0.0400. The molecule has 0 spiro atoms. The molecule has 0 heterocycles. The molecule has 0 aromatic rings. The van der Waals surface area contributed by atoms with Gasteiger partial charge in [-0.2, -0.15) is 0 Å². The Morgan fingerprint density at radius 1 is 1.23 bits per heavy atom. The van der Waals surface area contributed by atoms with E-state index in [9.17, 15) is 5.11 Å². The lowest BCUT2D eigenvalue weighted by molar-refractivity contribution is 0.0538. The summed E-state index contributed by atoms with van der Waals surface area (Å²) in [7, 11) is 0. The van der Waals surface area contributed by atoms with Crippen molar-refractivity contribution in [3.8, 4) is 0 Å². The summed E-state index contributed by atoms with van der Waals surface area (Å²) in [6, 6.07) is 0. The van der Waals surface area contributed by atoms with Gasteiger partial charge in [-0.25, -0.2) is 0 Å². The molecule has 1 N–H and O–H groups in total. The van der Waals surface area contributed by atoms with Crippen LogP contribution in [0.1, 0.15) is 51.4 Å². The monoisotopic (exact) mass is 180 g/mol. The molecule has 3 aliphatic rings. The Balaban J connectivity index is 1.62. The molecule has 1 heteroatoms. The second-order valence-electron chi connectivity index (χ2n) is 5.57. The average Bonchev–Trinajstić information content (AvgIpc) is 2.98. The van der Waals surface area contributed by atoms with Gasteiger partial charge in [0.15, 0.2) is 0 Å². The molecule has 3 saturated carbocycles. The minimum absolute atomic E-state index is 0.0605. The number of fused-ring (bicyclic) bond motifs is 1. The maximum absolute atomic E-state index is 10.2. The molecule has 3 unspecified atom stereocenters. The molecule has 3 atom stereocenters. The van der Waals surface area contributed by atoms with Crippen LogP contribution in [0.4, 0.5) is 0 Å². The molecule has 3 rings (SSSR count). The van der Waals surface area contributed by atoms with Gasteiger partial charge in [-0.1, -0.05) is 25.7 Å². The Kier molecular flexibility index (Phi) is 1.74. The van der Waals surface area contributed by atoms with E-state index >= 15 is 0 Å². The van der Waals surface area contributed by atoms with Crippen LogP contribution in [-0.2, 0) is 0 Å². The minimum atomic E-state index is 0.0605. The first kappa shape index (κ1) is 8.28. The van der Waals surface area contributed by atoms with Crippen molar-refractivity contribution in [2.45, 2.75) is 57.5 Å². The Labute approximate surface area is 80.5 Å². The fraction of sp³-hybridized carbons (Fsp3) is 1.00. The molecule has 0 amide bonds. The fourth-order valence-electron chi connectivity index (χ4n) is 3.42. The van der Waals surface area contributed by atoms with Crippen LogP contribution in [0.15, 0.2) is 0 Å². The molecule has 0 bridgehead atoms. The molecule has 1 nitrogen and oxygen atoms in total. The summed E-state index contributed by atoms with van der Waals surface area (Å²) in [5, 5.41) is 10.2. The first-order valence-corrected chi connectivity index (χ1v) is 5.99.